The van der Waals surface area contributed by atoms with Gasteiger partial charge in [-0.3, -0.25) is 4.79 Å². The number of oxazole rings is 1. The summed E-state index contributed by atoms with van der Waals surface area (Å²) in [5.41, 5.74) is 3.02. The highest BCUT2D eigenvalue weighted by molar-refractivity contribution is 7.89. The van der Waals surface area contributed by atoms with Crippen molar-refractivity contribution in [2.75, 3.05) is 18.4 Å². The van der Waals surface area contributed by atoms with Crippen LogP contribution in [0.25, 0.3) is 11.1 Å². The SMILES string of the molecule is CCc1nc2cc(NC(=O)CCc3ccc(S(=O)(=O)N4CCCC4)cc3)ccc2o1. The van der Waals surface area contributed by atoms with Crippen LogP contribution in [0.1, 0.15) is 37.6 Å². The van der Waals surface area contributed by atoms with Gasteiger partial charge in [0, 0.05) is 31.6 Å². The molecular formula is C22H25N3O4S. The first-order valence-corrected chi connectivity index (χ1v) is 11.7. The zero-order valence-corrected chi connectivity index (χ0v) is 17.7. The Hall–Kier alpha value is -2.71. The quantitative estimate of drug-likeness (QED) is 0.620. The number of nitrogens with zero attached hydrogens (tertiary/aromatic N) is 2. The van der Waals surface area contributed by atoms with E-state index in [1.165, 1.54) is 4.31 Å². The molecule has 1 aromatic heterocycles. The molecule has 2 aromatic carbocycles. The maximum atomic E-state index is 12.6. The van der Waals surface area contributed by atoms with Crippen molar-refractivity contribution in [3.05, 3.63) is 53.9 Å². The lowest BCUT2D eigenvalue weighted by Gasteiger charge is -2.15. The van der Waals surface area contributed by atoms with E-state index in [4.69, 9.17) is 4.42 Å². The number of nitrogens with one attached hydrogen (secondary N) is 1. The van der Waals surface area contributed by atoms with E-state index in [0.29, 0.717) is 54.4 Å². The summed E-state index contributed by atoms with van der Waals surface area (Å²) >= 11 is 0. The standard InChI is InChI=1S/C22H25N3O4S/c1-2-22-24-19-15-17(8-11-20(19)29-22)23-21(26)12-7-16-5-9-18(10-6-16)30(27,28)25-13-3-4-14-25/h5-6,8-11,15H,2-4,7,12-14H2,1H3,(H,23,26). The van der Waals surface area contributed by atoms with E-state index >= 15 is 0 Å². The predicted molar refractivity (Wildman–Crippen MR) is 115 cm³/mol. The summed E-state index contributed by atoms with van der Waals surface area (Å²) in [7, 11) is -3.41. The average molecular weight is 428 g/mol. The Morgan fingerprint density at radius 1 is 1.13 bits per heavy atom. The van der Waals surface area contributed by atoms with Gasteiger partial charge >= 0.3 is 0 Å². The van der Waals surface area contributed by atoms with Crippen LogP contribution in [-0.2, 0) is 27.7 Å². The van der Waals surface area contributed by atoms with Gasteiger partial charge in [-0.05, 0) is 55.2 Å². The second-order valence-electron chi connectivity index (χ2n) is 7.45. The van der Waals surface area contributed by atoms with E-state index < -0.39 is 10.0 Å². The number of benzene rings is 2. The normalized spacial score (nSPS) is 15.0. The lowest BCUT2D eigenvalue weighted by molar-refractivity contribution is -0.116. The summed E-state index contributed by atoms with van der Waals surface area (Å²) in [6.07, 6.45) is 3.37. The molecule has 3 aromatic rings. The van der Waals surface area contributed by atoms with Crippen LogP contribution in [0, 0.1) is 0 Å². The molecule has 1 N–H and O–H groups in total. The average Bonchev–Trinajstić information content (AvgIpc) is 3.42. The largest absolute Gasteiger partial charge is 0.441 e. The van der Waals surface area contributed by atoms with Crippen LogP contribution in [0.4, 0.5) is 5.69 Å². The Morgan fingerprint density at radius 3 is 2.57 bits per heavy atom. The maximum absolute atomic E-state index is 12.6. The molecule has 7 nitrogen and oxygen atoms in total. The van der Waals surface area contributed by atoms with Crippen LogP contribution < -0.4 is 5.32 Å². The van der Waals surface area contributed by atoms with Gasteiger partial charge in [-0.2, -0.15) is 4.31 Å². The molecule has 0 spiro atoms. The van der Waals surface area contributed by atoms with E-state index in [-0.39, 0.29) is 5.91 Å². The molecule has 4 rings (SSSR count). The molecule has 0 atom stereocenters. The summed E-state index contributed by atoms with van der Waals surface area (Å²) in [6.45, 7) is 3.15. The Balaban J connectivity index is 1.34. The Kier molecular flexibility index (Phi) is 5.87. The molecular weight excluding hydrogens is 402 g/mol. The summed E-state index contributed by atoms with van der Waals surface area (Å²) < 4.78 is 32.3. The monoisotopic (exact) mass is 427 g/mol. The number of hydrogen-bond acceptors (Lipinski definition) is 5. The van der Waals surface area contributed by atoms with Gasteiger partial charge in [-0.25, -0.2) is 13.4 Å². The van der Waals surface area contributed by atoms with Crippen molar-refractivity contribution in [3.63, 3.8) is 0 Å². The van der Waals surface area contributed by atoms with Gasteiger partial charge in [0.2, 0.25) is 15.9 Å². The van der Waals surface area contributed by atoms with Crippen molar-refractivity contribution in [2.45, 2.75) is 43.9 Å². The van der Waals surface area contributed by atoms with Crippen molar-refractivity contribution in [1.82, 2.24) is 9.29 Å². The number of hydrogen-bond donors (Lipinski definition) is 1. The number of aromatic nitrogens is 1. The molecule has 0 unspecified atom stereocenters. The van der Waals surface area contributed by atoms with Crippen molar-refractivity contribution in [1.29, 1.82) is 0 Å². The van der Waals surface area contributed by atoms with E-state index in [9.17, 15) is 13.2 Å². The minimum Gasteiger partial charge on any atom is -0.441 e. The Labute approximate surface area is 176 Å². The Morgan fingerprint density at radius 2 is 1.87 bits per heavy atom. The molecule has 158 valence electrons. The lowest BCUT2D eigenvalue weighted by atomic mass is 10.1. The molecule has 2 heterocycles. The third-order valence-corrected chi connectivity index (χ3v) is 7.20. The second kappa shape index (κ2) is 8.57. The fourth-order valence-electron chi connectivity index (χ4n) is 3.59. The van der Waals surface area contributed by atoms with Crippen LogP contribution in [0.3, 0.4) is 0 Å². The highest BCUT2D eigenvalue weighted by Crippen LogP contribution is 2.22. The third kappa shape index (κ3) is 4.39. The second-order valence-corrected chi connectivity index (χ2v) is 9.38. The number of rotatable bonds is 7. The van der Waals surface area contributed by atoms with Crippen molar-refractivity contribution in [2.24, 2.45) is 0 Å². The van der Waals surface area contributed by atoms with E-state index in [0.717, 1.165) is 23.9 Å². The van der Waals surface area contributed by atoms with Gasteiger partial charge in [-0.15, -0.1) is 0 Å². The first-order valence-electron chi connectivity index (χ1n) is 10.2. The number of aryl methyl sites for hydroxylation is 2. The minimum atomic E-state index is -3.41. The topological polar surface area (TPSA) is 92.5 Å². The number of carbonyl (C=O) groups excluding carboxylic acids is 1. The molecule has 0 saturated carbocycles. The Bertz CT molecular complexity index is 1150. The fourth-order valence-corrected chi connectivity index (χ4v) is 5.11. The zero-order chi connectivity index (χ0) is 21.1. The van der Waals surface area contributed by atoms with Gasteiger partial charge < -0.3 is 9.73 Å². The molecule has 1 aliphatic rings. The van der Waals surface area contributed by atoms with Crippen LogP contribution in [-0.4, -0.2) is 36.7 Å². The van der Waals surface area contributed by atoms with Crippen molar-refractivity contribution in [3.8, 4) is 0 Å². The van der Waals surface area contributed by atoms with Crippen LogP contribution in [0.2, 0.25) is 0 Å². The van der Waals surface area contributed by atoms with E-state index in [1.54, 1.807) is 42.5 Å². The molecule has 1 aliphatic heterocycles. The number of amides is 1. The number of carbonyl (C=O) groups is 1. The van der Waals surface area contributed by atoms with Gasteiger partial charge in [0.15, 0.2) is 11.5 Å². The van der Waals surface area contributed by atoms with Gasteiger partial charge in [0.05, 0.1) is 4.90 Å². The predicted octanol–water partition coefficient (Wildman–Crippen LogP) is 3.75. The van der Waals surface area contributed by atoms with E-state index in [1.807, 2.05) is 6.92 Å². The summed E-state index contributed by atoms with van der Waals surface area (Å²) in [5, 5.41) is 2.88. The van der Waals surface area contributed by atoms with Crippen LogP contribution >= 0.6 is 0 Å². The summed E-state index contributed by atoms with van der Waals surface area (Å²) in [6, 6.07) is 12.2. The molecule has 0 aliphatic carbocycles. The highest BCUT2D eigenvalue weighted by atomic mass is 32.2. The van der Waals surface area contributed by atoms with E-state index in [2.05, 4.69) is 10.3 Å². The molecule has 0 radical (unpaired) electrons. The van der Waals surface area contributed by atoms with Crippen molar-refractivity contribution < 1.29 is 17.6 Å². The van der Waals surface area contributed by atoms with Gasteiger partial charge in [-0.1, -0.05) is 19.1 Å². The molecule has 1 amide bonds. The minimum absolute atomic E-state index is 0.109. The number of fused-ring (bicyclic) bond motifs is 1. The number of sulfonamides is 1. The summed E-state index contributed by atoms with van der Waals surface area (Å²) in [4.78, 5) is 17.0. The fraction of sp³-hybridized carbons (Fsp3) is 0.364. The van der Waals surface area contributed by atoms with Gasteiger partial charge in [0.1, 0.15) is 5.52 Å². The first-order chi connectivity index (χ1) is 14.5. The lowest BCUT2D eigenvalue weighted by Crippen LogP contribution is -2.27. The first kappa shape index (κ1) is 20.6. The van der Waals surface area contributed by atoms with Crippen LogP contribution in [0.5, 0.6) is 0 Å². The molecule has 1 fully saturated rings. The third-order valence-electron chi connectivity index (χ3n) is 5.28. The molecule has 30 heavy (non-hydrogen) atoms. The molecule has 0 bridgehead atoms. The highest BCUT2D eigenvalue weighted by Gasteiger charge is 2.26. The van der Waals surface area contributed by atoms with Crippen LogP contribution in [0.15, 0.2) is 51.8 Å². The van der Waals surface area contributed by atoms with Gasteiger partial charge in [0.25, 0.3) is 0 Å². The zero-order valence-electron chi connectivity index (χ0n) is 16.9. The molecule has 1 saturated heterocycles. The summed E-state index contributed by atoms with van der Waals surface area (Å²) in [5.74, 6) is 0.561. The molecule has 8 heteroatoms. The number of anilines is 1. The maximum Gasteiger partial charge on any atom is 0.243 e. The smallest absolute Gasteiger partial charge is 0.243 e. The van der Waals surface area contributed by atoms with Crippen molar-refractivity contribution >= 4 is 32.7 Å².